The molecule has 0 bridgehead atoms. The molecule has 0 aromatic heterocycles. The summed E-state index contributed by atoms with van der Waals surface area (Å²) >= 11 is 0. The Kier molecular flexibility index (Phi) is 5.93. The van der Waals surface area contributed by atoms with Crippen LogP contribution in [0.1, 0.15) is 48.8 Å². The summed E-state index contributed by atoms with van der Waals surface area (Å²) in [6.07, 6.45) is 2.98. The number of likely N-dealkylation sites (tertiary alicyclic amines) is 2. The molecule has 3 heterocycles. The molecule has 162 valence electrons. The summed E-state index contributed by atoms with van der Waals surface area (Å²) in [5.41, 5.74) is 6.86. The van der Waals surface area contributed by atoms with Gasteiger partial charge in [-0.1, -0.05) is 18.2 Å². The average molecular weight is 413 g/mol. The highest BCUT2D eigenvalue weighted by molar-refractivity contribution is 6.39. The minimum atomic E-state index is -0.330. The summed E-state index contributed by atoms with van der Waals surface area (Å²) < 4.78 is 0. The maximum Gasteiger partial charge on any atom is 0.270 e. The molecule has 4 rings (SSSR count). The van der Waals surface area contributed by atoms with E-state index in [2.05, 4.69) is 47.5 Å². The second kappa shape index (κ2) is 8.47. The van der Waals surface area contributed by atoms with Crippen molar-refractivity contribution in [3.8, 4) is 0 Å². The van der Waals surface area contributed by atoms with E-state index in [1.54, 1.807) is 0 Å². The number of nitrogens with one attached hydrogen (secondary N) is 1. The third-order valence-electron chi connectivity index (χ3n) is 6.99. The van der Waals surface area contributed by atoms with Gasteiger partial charge in [-0.05, 0) is 55.2 Å². The number of aryl methyl sites for hydroxylation is 2. The Balaban J connectivity index is 1.40. The number of hydrogen-bond donors (Lipinski definition) is 2. The zero-order chi connectivity index (χ0) is 21.3. The van der Waals surface area contributed by atoms with E-state index in [1.165, 1.54) is 16.7 Å². The summed E-state index contributed by atoms with van der Waals surface area (Å²) in [5, 5.41) is 14.6. The first-order chi connectivity index (χ1) is 14.3. The largest absolute Gasteiger partial charge is 0.392 e. The van der Waals surface area contributed by atoms with Gasteiger partial charge in [0, 0.05) is 45.6 Å². The number of hydrogen-bond acceptors (Lipinski definition) is 5. The number of carbonyl (C=O) groups is 2. The molecule has 2 N–H and O–H groups in total. The molecule has 1 aromatic carbocycles. The second-order valence-corrected chi connectivity index (χ2v) is 9.28. The number of aliphatic hydroxyl groups is 1. The number of β-amino-alcohol motifs (C(OH)–C–C–N with tert-alkyl or cyclic N) is 1. The topological polar surface area (TPSA) is 85.2 Å². The molecule has 3 aliphatic rings. The van der Waals surface area contributed by atoms with Gasteiger partial charge in [-0.3, -0.25) is 14.5 Å². The maximum atomic E-state index is 12.8. The van der Waals surface area contributed by atoms with Gasteiger partial charge in [0.2, 0.25) is 5.91 Å². The molecular weight excluding hydrogens is 380 g/mol. The molecule has 30 heavy (non-hydrogen) atoms. The van der Waals surface area contributed by atoms with Gasteiger partial charge in [-0.25, -0.2) is 5.43 Å². The van der Waals surface area contributed by atoms with E-state index in [1.807, 2.05) is 4.90 Å². The number of aliphatic hydroxyl groups excluding tert-OH is 1. The normalized spacial score (nSPS) is 24.5. The number of rotatable bonds is 3. The molecule has 0 radical (unpaired) electrons. The lowest BCUT2D eigenvalue weighted by molar-refractivity contribution is -0.128. The quantitative estimate of drug-likeness (QED) is 0.792. The molecule has 1 unspecified atom stereocenters. The van der Waals surface area contributed by atoms with Crippen LogP contribution in [0.2, 0.25) is 0 Å². The second-order valence-electron chi connectivity index (χ2n) is 9.28. The summed E-state index contributed by atoms with van der Waals surface area (Å²) in [4.78, 5) is 28.3. The fraction of sp³-hybridized carbons (Fsp3) is 0.609. The lowest BCUT2D eigenvalue weighted by atomic mass is 9.71. The molecule has 2 saturated heterocycles. The van der Waals surface area contributed by atoms with Crippen molar-refractivity contribution in [2.45, 2.75) is 58.6 Å². The lowest BCUT2D eigenvalue weighted by Gasteiger charge is -2.49. The van der Waals surface area contributed by atoms with Crippen LogP contribution in [0.4, 0.5) is 0 Å². The van der Waals surface area contributed by atoms with Gasteiger partial charge in [0.15, 0.2) is 0 Å². The first-order valence-corrected chi connectivity index (χ1v) is 11.0. The van der Waals surface area contributed by atoms with Gasteiger partial charge in [0.1, 0.15) is 5.71 Å². The highest BCUT2D eigenvalue weighted by Gasteiger charge is 2.42. The van der Waals surface area contributed by atoms with Crippen molar-refractivity contribution in [3.63, 3.8) is 0 Å². The standard InChI is InChI=1S/C23H32N4O3/c1-16-4-3-5-17(2)19(16)14-26-13-18(28)12-23(15-26)8-10-27(11-9-23)22(30)20-6-7-21(29)25-24-20/h3-5,18,28H,6-15H2,1-2H3,(H,25,29). The van der Waals surface area contributed by atoms with Crippen LogP contribution in [-0.4, -0.2) is 64.7 Å². The summed E-state index contributed by atoms with van der Waals surface area (Å²) in [6, 6.07) is 6.40. The summed E-state index contributed by atoms with van der Waals surface area (Å²) in [6.45, 7) is 8.17. The maximum absolute atomic E-state index is 12.8. The monoisotopic (exact) mass is 412 g/mol. The average Bonchev–Trinajstić information content (AvgIpc) is 2.71. The van der Waals surface area contributed by atoms with Crippen molar-refractivity contribution in [2.24, 2.45) is 10.5 Å². The highest BCUT2D eigenvalue weighted by atomic mass is 16.3. The van der Waals surface area contributed by atoms with Gasteiger partial charge < -0.3 is 10.0 Å². The van der Waals surface area contributed by atoms with E-state index >= 15 is 0 Å². The van der Waals surface area contributed by atoms with E-state index in [0.29, 0.717) is 38.2 Å². The number of carbonyl (C=O) groups excluding carboxylic acids is 2. The first kappa shape index (κ1) is 21.0. The SMILES string of the molecule is Cc1cccc(C)c1CN1CC(O)CC2(CCN(C(=O)C3=NNC(=O)CC3)CC2)C1. The van der Waals surface area contributed by atoms with Crippen molar-refractivity contribution in [2.75, 3.05) is 26.2 Å². The van der Waals surface area contributed by atoms with Crippen molar-refractivity contribution in [1.29, 1.82) is 0 Å². The van der Waals surface area contributed by atoms with Crippen LogP contribution in [0, 0.1) is 19.3 Å². The minimum Gasteiger partial charge on any atom is -0.392 e. The first-order valence-electron chi connectivity index (χ1n) is 11.0. The molecule has 2 amide bonds. The van der Waals surface area contributed by atoms with Crippen LogP contribution in [0.25, 0.3) is 0 Å². The molecule has 1 aromatic rings. The van der Waals surface area contributed by atoms with Crippen LogP contribution in [0.3, 0.4) is 0 Å². The fourth-order valence-corrected chi connectivity index (χ4v) is 5.27. The summed E-state index contributed by atoms with van der Waals surface area (Å²) in [7, 11) is 0. The Bertz CT molecular complexity index is 838. The fourth-order valence-electron chi connectivity index (χ4n) is 5.27. The molecule has 7 heteroatoms. The van der Waals surface area contributed by atoms with Crippen LogP contribution >= 0.6 is 0 Å². The van der Waals surface area contributed by atoms with Crippen LogP contribution in [-0.2, 0) is 16.1 Å². The Morgan fingerprint density at radius 3 is 2.57 bits per heavy atom. The molecule has 0 aliphatic carbocycles. The third-order valence-corrected chi connectivity index (χ3v) is 6.99. The van der Waals surface area contributed by atoms with Crippen LogP contribution < -0.4 is 5.43 Å². The Labute approximate surface area is 178 Å². The zero-order valence-corrected chi connectivity index (χ0v) is 18.0. The predicted molar refractivity (Wildman–Crippen MR) is 115 cm³/mol. The van der Waals surface area contributed by atoms with E-state index in [0.717, 1.165) is 32.4 Å². The van der Waals surface area contributed by atoms with E-state index < -0.39 is 0 Å². The minimum absolute atomic E-state index is 0.0492. The van der Waals surface area contributed by atoms with Gasteiger partial charge in [-0.15, -0.1) is 0 Å². The Hall–Kier alpha value is -2.25. The third kappa shape index (κ3) is 4.42. The van der Waals surface area contributed by atoms with Crippen LogP contribution in [0.5, 0.6) is 0 Å². The number of hydrazone groups is 1. The van der Waals surface area contributed by atoms with Gasteiger partial charge >= 0.3 is 0 Å². The van der Waals surface area contributed by atoms with Gasteiger partial charge in [-0.2, -0.15) is 5.10 Å². The van der Waals surface area contributed by atoms with E-state index in [-0.39, 0.29) is 23.3 Å². The summed E-state index contributed by atoms with van der Waals surface area (Å²) in [5.74, 6) is -0.196. The number of piperidine rings is 2. The van der Waals surface area contributed by atoms with E-state index in [9.17, 15) is 14.7 Å². The molecular formula is C23H32N4O3. The molecule has 2 fully saturated rings. The van der Waals surface area contributed by atoms with Crippen molar-refractivity contribution < 1.29 is 14.7 Å². The Morgan fingerprint density at radius 2 is 1.93 bits per heavy atom. The van der Waals surface area contributed by atoms with E-state index in [4.69, 9.17) is 0 Å². The molecule has 1 spiro atoms. The van der Waals surface area contributed by atoms with Crippen molar-refractivity contribution in [1.82, 2.24) is 15.2 Å². The van der Waals surface area contributed by atoms with Crippen molar-refractivity contribution >= 4 is 17.5 Å². The number of benzene rings is 1. The smallest absolute Gasteiger partial charge is 0.270 e. The number of nitrogens with zero attached hydrogens (tertiary/aromatic N) is 3. The zero-order valence-electron chi connectivity index (χ0n) is 18.0. The molecule has 3 aliphatic heterocycles. The lowest BCUT2D eigenvalue weighted by Crippen LogP contribution is -2.55. The van der Waals surface area contributed by atoms with Crippen LogP contribution in [0.15, 0.2) is 23.3 Å². The van der Waals surface area contributed by atoms with Gasteiger partial charge in [0.25, 0.3) is 5.91 Å². The molecule has 7 nitrogen and oxygen atoms in total. The predicted octanol–water partition coefficient (Wildman–Crippen LogP) is 1.74. The van der Waals surface area contributed by atoms with Crippen molar-refractivity contribution in [3.05, 3.63) is 34.9 Å². The molecule has 0 saturated carbocycles. The number of amides is 2. The Morgan fingerprint density at radius 1 is 1.23 bits per heavy atom. The molecule has 1 atom stereocenters. The highest BCUT2D eigenvalue weighted by Crippen LogP contribution is 2.40. The van der Waals surface area contributed by atoms with Gasteiger partial charge in [0.05, 0.1) is 6.10 Å².